The summed E-state index contributed by atoms with van der Waals surface area (Å²) < 4.78 is 9.36. The molecule has 15 heavy (non-hydrogen) atoms. The molecule has 0 radical (unpaired) electrons. The number of methoxy groups -OCH3 is 1. The summed E-state index contributed by atoms with van der Waals surface area (Å²) in [5, 5.41) is 9.14. The molecule has 0 aliphatic rings. The van der Waals surface area contributed by atoms with Crippen LogP contribution in [0.3, 0.4) is 0 Å². The average molecular weight is 210 g/mol. The molecule has 5 nitrogen and oxygen atoms in total. The van der Waals surface area contributed by atoms with Crippen molar-refractivity contribution in [3.63, 3.8) is 0 Å². The fourth-order valence-electron chi connectivity index (χ4n) is 0.941. The molecule has 0 unspecified atom stereocenters. The predicted molar refractivity (Wildman–Crippen MR) is 51.0 cm³/mol. The standard InChI is InChI=1S/C10H10O5/c1-14-10(13)6-15-9-4-8(12)3-2-7(9)5-11/h2-5,12H,6H2,1H3. The molecule has 1 aromatic rings. The Hall–Kier alpha value is -2.04. The van der Waals surface area contributed by atoms with E-state index in [1.165, 1.54) is 25.3 Å². The van der Waals surface area contributed by atoms with Gasteiger partial charge in [-0.25, -0.2) is 4.79 Å². The number of ether oxygens (including phenoxy) is 2. The number of aldehydes is 1. The number of phenols is 1. The van der Waals surface area contributed by atoms with Crippen LogP contribution in [0.15, 0.2) is 18.2 Å². The van der Waals surface area contributed by atoms with Crippen molar-refractivity contribution >= 4 is 12.3 Å². The molecule has 80 valence electrons. The predicted octanol–water partition coefficient (Wildman–Crippen LogP) is 0.756. The van der Waals surface area contributed by atoms with Crippen molar-refractivity contribution in [3.05, 3.63) is 23.8 Å². The minimum Gasteiger partial charge on any atom is -0.508 e. The lowest BCUT2D eigenvalue weighted by Gasteiger charge is -2.07. The number of benzene rings is 1. The lowest BCUT2D eigenvalue weighted by atomic mass is 10.2. The van der Waals surface area contributed by atoms with E-state index in [0.717, 1.165) is 0 Å². The second kappa shape index (κ2) is 4.99. The minimum absolute atomic E-state index is 0.0412. The summed E-state index contributed by atoms with van der Waals surface area (Å²) in [6.07, 6.45) is 0.575. The average Bonchev–Trinajstić information content (AvgIpc) is 2.26. The van der Waals surface area contributed by atoms with Crippen molar-refractivity contribution in [2.24, 2.45) is 0 Å². The van der Waals surface area contributed by atoms with Crippen LogP contribution in [-0.2, 0) is 9.53 Å². The smallest absolute Gasteiger partial charge is 0.343 e. The maximum absolute atomic E-state index is 10.8. The van der Waals surface area contributed by atoms with Gasteiger partial charge in [-0.2, -0.15) is 0 Å². The molecular weight excluding hydrogens is 200 g/mol. The van der Waals surface area contributed by atoms with Crippen molar-refractivity contribution in [2.45, 2.75) is 0 Å². The highest BCUT2D eigenvalue weighted by Crippen LogP contribution is 2.22. The molecule has 0 aliphatic carbocycles. The van der Waals surface area contributed by atoms with E-state index >= 15 is 0 Å². The summed E-state index contributed by atoms with van der Waals surface area (Å²) in [6, 6.07) is 4.01. The van der Waals surface area contributed by atoms with E-state index in [9.17, 15) is 9.59 Å². The number of phenolic OH excluding ortho intramolecular Hbond substituents is 1. The van der Waals surface area contributed by atoms with Crippen LogP contribution in [0, 0.1) is 0 Å². The highest BCUT2D eigenvalue weighted by Gasteiger charge is 2.07. The SMILES string of the molecule is COC(=O)COc1cc(O)ccc1C=O. The summed E-state index contributed by atoms with van der Waals surface area (Å²) in [4.78, 5) is 21.3. The summed E-state index contributed by atoms with van der Waals surface area (Å²) >= 11 is 0. The molecule has 0 atom stereocenters. The maximum atomic E-state index is 10.8. The largest absolute Gasteiger partial charge is 0.508 e. The van der Waals surface area contributed by atoms with Crippen LogP contribution >= 0.6 is 0 Å². The zero-order chi connectivity index (χ0) is 11.3. The second-order valence-corrected chi connectivity index (χ2v) is 2.70. The zero-order valence-corrected chi connectivity index (χ0v) is 8.10. The maximum Gasteiger partial charge on any atom is 0.343 e. The Kier molecular flexibility index (Phi) is 3.68. The summed E-state index contributed by atoms with van der Waals surface area (Å²) in [5.74, 6) is -0.453. The van der Waals surface area contributed by atoms with E-state index in [1.807, 2.05) is 0 Å². The van der Waals surface area contributed by atoms with Crippen LogP contribution in [0.5, 0.6) is 11.5 Å². The molecule has 1 rings (SSSR count). The molecule has 0 heterocycles. The monoisotopic (exact) mass is 210 g/mol. The first kappa shape index (κ1) is 11.0. The molecule has 1 N–H and O–H groups in total. The Balaban J connectivity index is 2.78. The van der Waals surface area contributed by atoms with Gasteiger partial charge in [-0.1, -0.05) is 0 Å². The van der Waals surface area contributed by atoms with E-state index in [4.69, 9.17) is 9.84 Å². The Labute approximate surface area is 86.2 Å². The fourth-order valence-corrected chi connectivity index (χ4v) is 0.941. The van der Waals surface area contributed by atoms with Gasteiger partial charge in [0.15, 0.2) is 12.9 Å². The van der Waals surface area contributed by atoms with E-state index in [-0.39, 0.29) is 23.7 Å². The van der Waals surface area contributed by atoms with Gasteiger partial charge in [0.05, 0.1) is 12.7 Å². The van der Waals surface area contributed by atoms with Gasteiger partial charge >= 0.3 is 5.97 Å². The first-order chi connectivity index (χ1) is 7.17. The van der Waals surface area contributed by atoms with Crippen molar-refractivity contribution < 1.29 is 24.2 Å². The lowest BCUT2D eigenvalue weighted by Crippen LogP contribution is -2.13. The van der Waals surface area contributed by atoms with Gasteiger partial charge in [0.1, 0.15) is 11.5 Å². The van der Waals surface area contributed by atoms with Crippen LogP contribution in [0.25, 0.3) is 0 Å². The highest BCUT2D eigenvalue weighted by molar-refractivity contribution is 5.80. The Morgan fingerprint density at radius 2 is 2.27 bits per heavy atom. The number of carbonyl (C=O) groups excluding carboxylic acids is 2. The minimum atomic E-state index is -0.560. The molecule has 5 heteroatoms. The number of rotatable bonds is 4. The molecular formula is C10H10O5. The van der Waals surface area contributed by atoms with E-state index in [1.54, 1.807) is 0 Å². The topological polar surface area (TPSA) is 72.8 Å². The van der Waals surface area contributed by atoms with Gasteiger partial charge in [-0.3, -0.25) is 4.79 Å². The number of hydrogen-bond acceptors (Lipinski definition) is 5. The van der Waals surface area contributed by atoms with E-state index in [0.29, 0.717) is 6.29 Å². The second-order valence-electron chi connectivity index (χ2n) is 2.70. The third-order valence-electron chi connectivity index (χ3n) is 1.70. The van der Waals surface area contributed by atoms with Gasteiger partial charge < -0.3 is 14.6 Å². The molecule has 0 amide bonds. The van der Waals surface area contributed by atoms with Crippen LogP contribution in [0.1, 0.15) is 10.4 Å². The van der Waals surface area contributed by atoms with E-state index < -0.39 is 5.97 Å². The summed E-state index contributed by atoms with van der Waals surface area (Å²) in [6.45, 7) is -0.305. The normalized spacial score (nSPS) is 9.40. The molecule has 0 bridgehead atoms. The van der Waals surface area contributed by atoms with Gasteiger partial charge in [0.2, 0.25) is 0 Å². The Morgan fingerprint density at radius 3 is 2.87 bits per heavy atom. The molecule has 0 saturated carbocycles. The number of carbonyl (C=O) groups is 2. The van der Waals surface area contributed by atoms with Gasteiger partial charge in [-0.15, -0.1) is 0 Å². The molecule has 0 saturated heterocycles. The first-order valence-electron chi connectivity index (χ1n) is 4.15. The molecule has 1 aromatic carbocycles. The molecule has 0 fully saturated rings. The number of hydrogen-bond donors (Lipinski definition) is 1. The highest BCUT2D eigenvalue weighted by atomic mass is 16.6. The van der Waals surface area contributed by atoms with Crippen LogP contribution < -0.4 is 4.74 Å². The Morgan fingerprint density at radius 1 is 1.53 bits per heavy atom. The van der Waals surface area contributed by atoms with Crippen molar-refractivity contribution in [3.8, 4) is 11.5 Å². The number of aromatic hydroxyl groups is 1. The van der Waals surface area contributed by atoms with Gasteiger partial charge in [0.25, 0.3) is 0 Å². The zero-order valence-electron chi connectivity index (χ0n) is 8.10. The van der Waals surface area contributed by atoms with Crippen molar-refractivity contribution in [1.82, 2.24) is 0 Å². The number of esters is 1. The molecule has 0 spiro atoms. The third-order valence-corrected chi connectivity index (χ3v) is 1.70. The van der Waals surface area contributed by atoms with Crippen LogP contribution in [-0.4, -0.2) is 31.1 Å². The summed E-state index contributed by atoms with van der Waals surface area (Å²) in [7, 11) is 1.23. The van der Waals surface area contributed by atoms with Crippen molar-refractivity contribution in [2.75, 3.05) is 13.7 Å². The van der Waals surface area contributed by atoms with Gasteiger partial charge in [0, 0.05) is 6.07 Å². The van der Waals surface area contributed by atoms with Crippen LogP contribution in [0.4, 0.5) is 0 Å². The summed E-state index contributed by atoms with van der Waals surface area (Å²) in [5.41, 5.74) is 0.261. The van der Waals surface area contributed by atoms with Crippen molar-refractivity contribution in [1.29, 1.82) is 0 Å². The first-order valence-corrected chi connectivity index (χ1v) is 4.15. The Bertz CT molecular complexity index is 372. The molecule has 0 aliphatic heterocycles. The fraction of sp³-hybridized carbons (Fsp3) is 0.200. The third kappa shape index (κ3) is 2.98. The van der Waals surface area contributed by atoms with Crippen LogP contribution in [0.2, 0.25) is 0 Å². The lowest BCUT2D eigenvalue weighted by molar-refractivity contribution is -0.142. The van der Waals surface area contributed by atoms with E-state index in [2.05, 4.69) is 4.74 Å². The molecule has 0 aromatic heterocycles. The quantitative estimate of drug-likeness (QED) is 0.586. The van der Waals surface area contributed by atoms with Gasteiger partial charge in [-0.05, 0) is 12.1 Å².